The zero-order chi connectivity index (χ0) is 10.1. The molecular formula is C7H8F3NO2. The van der Waals surface area contributed by atoms with Crippen molar-refractivity contribution in [3.05, 3.63) is 12.2 Å². The van der Waals surface area contributed by atoms with Crippen LogP contribution in [0.1, 0.15) is 6.92 Å². The molecule has 0 bridgehead atoms. The quantitative estimate of drug-likeness (QED) is 0.590. The van der Waals surface area contributed by atoms with Crippen LogP contribution in [0.5, 0.6) is 0 Å². The van der Waals surface area contributed by atoms with Crippen LogP contribution in [0.3, 0.4) is 0 Å². The standard InChI is InChI=1S/C7H8F3NO2/c1-5-3-2-4-11(5)13-6(12)7(8,9)10/h2-3,5H,4H2,1H3/t5-/m1/s1. The van der Waals surface area contributed by atoms with Crippen LogP contribution < -0.4 is 0 Å². The number of hydrogen-bond acceptors (Lipinski definition) is 3. The van der Waals surface area contributed by atoms with Gasteiger partial charge >= 0.3 is 12.1 Å². The van der Waals surface area contributed by atoms with E-state index in [1.54, 1.807) is 19.1 Å². The lowest BCUT2D eigenvalue weighted by Crippen LogP contribution is -2.36. The van der Waals surface area contributed by atoms with E-state index in [0.29, 0.717) is 0 Å². The monoisotopic (exact) mass is 195 g/mol. The van der Waals surface area contributed by atoms with Crippen molar-refractivity contribution in [1.29, 1.82) is 0 Å². The largest absolute Gasteiger partial charge is 0.492 e. The third-order valence-electron chi connectivity index (χ3n) is 1.59. The molecule has 1 atom stereocenters. The van der Waals surface area contributed by atoms with Gasteiger partial charge in [-0.05, 0) is 6.92 Å². The van der Waals surface area contributed by atoms with E-state index >= 15 is 0 Å². The van der Waals surface area contributed by atoms with Crippen LogP contribution in [0.4, 0.5) is 13.2 Å². The molecule has 0 aromatic heterocycles. The van der Waals surface area contributed by atoms with Crippen LogP contribution >= 0.6 is 0 Å². The van der Waals surface area contributed by atoms with E-state index in [1.165, 1.54) is 0 Å². The lowest BCUT2D eigenvalue weighted by molar-refractivity contribution is -0.239. The molecular weight excluding hydrogens is 187 g/mol. The molecule has 74 valence electrons. The summed E-state index contributed by atoms with van der Waals surface area (Å²) in [6, 6.07) is -0.300. The van der Waals surface area contributed by atoms with Crippen molar-refractivity contribution in [3.8, 4) is 0 Å². The highest BCUT2D eigenvalue weighted by Crippen LogP contribution is 2.19. The Kier molecular flexibility index (Phi) is 2.60. The van der Waals surface area contributed by atoms with Gasteiger partial charge in [-0.15, -0.1) is 5.06 Å². The molecule has 1 heterocycles. The summed E-state index contributed by atoms with van der Waals surface area (Å²) in [5.41, 5.74) is 0. The molecule has 0 saturated carbocycles. The van der Waals surface area contributed by atoms with Gasteiger partial charge in [-0.3, -0.25) is 0 Å². The first-order chi connectivity index (χ1) is 5.91. The van der Waals surface area contributed by atoms with Gasteiger partial charge in [0.25, 0.3) is 0 Å². The van der Waals surface area contributed by atoms with Crippen LogP contribution in [0.15, 0.2) is 12.2 Å². The van der Waals surface area contributed by atoms with Crippen LogP contribution in [-0.2, 0) is 9.63 Å². The van der Waals surface area contributed by atoms with E-state index in [0.717, 1.165) is 5.06 Å². The minimum atomic E-state index is -4.93. The second-order valence-corrected chi connectivity index (χ2v) is 2.64. The minimum Gasteiger partial charge on any atom is -0.360 e. The van der Waals surface area contributed by atoms with Crippen molar-refractivity contribution in [2.45, 2.75) is 19.1 Å². The van der Waals surface area contributed by atoms with Gasteiger partial charge < -0.3 is 4.84 Å². The van der Waals surface area contributed by atoms with E-state index in [9.17, 15) is 18.0 Å². The normalized spacial score (nSPS) is 23.5. The van der Waals surface area contributed by atoms with Crippen molar-refractivity contribution in [2.75, 3.05) is 6.54 Å². The number of carbonyl (C=O) groups excluding carboxylic acids is 1. The summed E-state index contributed by atoms with van der Waals surface area (Å²) in [6.45, 7) is 1.83. The maximum Gasteiger partial charge on any atom is 0.492 e. The molecule has 0 spiro atoms. The fourth-order valence-corrected chi connectivity index (χ4v) is 0.903. The predicted molar refractivity (Wildman–Crippen MR) is 37.5 cm³/mol. The lowest BCUT2D eigenvalue weighted by atomic mass is 10.4. The fourth-order valence-electron chi connectivity index (χ4n) is 0.903. The van der Waals surface area contributed by atoms with Gasteiger partial charge in [-0.25, -0.2) is 4.79 Å². The highest BCUT2D eigenvalue weighted by Gasteiger charge is 2.43. The van der Waals surface area contributed by atoms with Crippen molar-refractivity contribution < 1.29 is 22.8 Å². The molecule has 0 fully saturated rings. The van der Waals surface area contributed by atoms with Crippen LogP contribution in [-0.4, -0.2) is 29.8 Å². The van der Waals surface area contributed by atoms with Crippen LogP contribution in [0.2, 0.25) is 0 Å². The predicted octanol–water partition coefficient (Wildman–Crippen LogP) is 1.27. The highest BCUT2D eigenvalue weighted by atomic mass is 19.4. The first kappa shape index (κ1) is 10.0. The average molecular weight is 195 g/mol. The average Bonchev–Trinajstić information content (AvgIpc) is 2.34. The molecule has 3 nitrogen and oxygen atoms in total. The van der Waals surface area contributed by atoms with Gasteiger partial charge in [0.1, 0.15) is 0 Å². The van der Waals surface area contributed by atoms with E-state index in [2.05, 4.69) is 4.84 Å². The molecule has 0 radical (unpaired) electrons. The molecule has 1 aliphatic heterocycles. The van der Waals surface area contributed by atoms with Gasteiger partial charge in [0.05, 0.1) is 12.6 Å². The highest BCUT2D eigenvalue weighted by molar-refractivity contribution is 5.75. The molecule has 1 rings (SSSR count). The van der Waals surface area contributed by atoms with Crippen LogP contribution in [0.25, 0.3) is 0 Å². The Morgan fingerprint density at radius 1 is 1.62 bits per heavy atom. The SMILES string of the molecule is C[C@@H]1C=CCN1OC(=O)C(F)(F)F. The van der Waals surface area contributed by atoms with Gasteiger partial charge in [0, 0.05) is 0 Å². The van der Waals surface area contributed by atoms with Crippen molar-refractivity contribution >= 4 is 5.97 Å². The molecule has 0 unspecified atom stereocenters. The molecule has 0 aliphatic carbocycles. The number of halogens is 3. The molecule has 0 aromatic rings. The van der Waals surface area contributed by atoms with Crippen LogP contribution in [0, 0.1) is 0 Å². The van der Waals surface area contributed by atoms with Crippen molar-refractivity contribution in [3.63, 3.8) is 0 Å². The molecule has 0 N–H and O–H groups in total. The first-order valence-corrected chi connectivity index (χ1v) is 3.63. The van der Waals surface area contributed by atoms with E-state index in [4.69, 9.17) is 0 Å². The lowest BCUT2D eigenvalue weighted by Gasteiger charge is -2.20. The summed E-state index contributed by atoms with van der Waals surface area (Å²) in [7, 11) is 0. The third-order valence-corrected chi connectivity index (χ3v) is 1.59. The number of carbonyl (C=O) groups is 1. The van der Waals surface area contributed by atoms with Crippen molar-refractivity contribution in [2.24, 2.45) is 0 Å². The molecule has 1 aliphatic rings. The molecule has 0 amide bonds. The van der Waals surface area contributed by atoms with E-state index in [-0.39, 0.29) is 12.6 Å². The third kappa shape index (κ3) is 2.45. The first-order valence-electron chi connectivity index (χ1n) is 3.63. The Labute approximate surface area is 72.7 Å². The van der Waals surface area contributed by atoms with Gasteiger partial charge in [-0.1, -0.05) is 12.2 Å². The second-order valence-electron chi connectivity index (χ2n) is 2.64. The van der Waals surface area contributed by atoms with Gasteiger partial charge in [0.15, 0.2) is 0 Å². The summed E-state index contributed by atoms with van der Waals surface area (Å²) in [4.78, 5) is 14.4. The number of hydroxylamine groups is 2. The Bertz CT molecular complexity index is 236. The number of hydrogen-bond donors (Lipinski definition) is 0. The zero-order valence-electron chi connectivity index (χ0n) is 6.84. The summed E-state index contributed by atoms with van der Waals surface area (Å²) in [5.74, 6) is -2.18. The summed E-state index contributed by atoms with van der Waals surface area (Å²) in [5, 5.41) is 0.968. The zero-order valence-corrected chi connectivity index (χ0v) is 6.84. The minimum absolute atomic E-state index is 0.197. The summed E-state index contributed by atoms with van der Waals surface area (Å²) < 4.78 is 35.1. The van der Waals surface area contributed by atoms with Gasteiger partial charge in [0.2, 0.25) is 0 Å². The Morgan fingerprint density at radius 3 is 2.62 bits per heavy atom. The van der Waals surface area contributed by atoms with Crippen molar-refractivity contribution in [1.82, 2.24) is 5.06 Å². The summed E-state index contributed by atoms with van der Waals surface area (Å²) in [6.07, 6.45) is -1.64. The Hall–Kier alpha value is -1.04. The second kappa shape index (κ2) is 3.37. The molecule has 13 heavy (non-hydrogen) atoms. The Morgan fingerprint density at radius 2 is 2.23 bits per heavy atom. The topological polar surface area (TPSA) is 29.5 Å². The number of alkyl halides is 3. The summed E-state index contributed by atoms with van der Waals surface area (Å²) >= 11 is 0. The Balaban J connectivity index is 2.46. The number of rotatable bonds is 1. The molecule has 0 saturated heterocycles. The smallest absolute Gasteiger partial charge is 0.360 e. The maximum atomic E-state index is 11.7. The molecule has 0 aromatic carbocycles. The van der Waals surface area contributed by atoms with Gasteiger partial charge in [-0.2, -0.15) is 13.2 Å². The fraction of sp³-hybridized carbons (Fsp3) is 0.571. The molecule has 6 heteroatoms. The van der Waals surface area contributed by atoms with E-state index < -0.39 is 12.1 Å². The number of nitrogens with zero attached hydrogens (tertiary/aromatic N) is 1. The van der Waals surface area contributed by atoms with E-state index in [1.807, 2.05) is 0 Å². The maximum absolute atomic E-state index is 11.7.